The summed E-state index contributed by atoms with van der Waals surface area (Å²) in [7, 11) is 0. The molecule has 3 nitrogen and oxygen atoms in total. The number of ether oxygens (including phenoxy) is 2. The number of halogens is 3. The number of hydrogen-bond donors (Lipinski definition) is 0. The lowest BCUT2D eigenvalue weighted by molar-refractivity contribution is -0.135. The summed E-state index contributed by atoms with van der Waals surface area (Å²) in [5.41, 5.74) is 0. The van der Waals surface area contributed by atoms with Gasteiger partial charge in [0, 0.05) is 6.42 Å². The lowest BCUT2D eigenvalue weighted by Gasteiger charge is -2.03. The van der Waals surface area contributed by atoms with Gasteiger partial charge in [-0.3, -0.25) is 0 Å². The molecular weight excluding hydrogens is 201 g/mol. The highest BCUT2D eigenvalue weighted by molar-refractivity contribution is 5.84. The Hall–Kier alpha value is -1.46. The van der Waals surface area contributed by atoms with E-state index in [0.29, 0.717) is 0 Å². The van der Waals surface area contributed by atoms with Crippen molar-refractivity contribution >= 4 is 5.97 Å². The molecule has 1 aliphatic heterocycles. The summed E-state index contributed by atoms with van der Waals surface area (Å²) in [5.74, 6) is -1.83. The molecule has 1 aliphatic rings. The number of rotatable bonds is 4. The first kappa shape index (κ1) is 10.6. The molecule has 0 fully saturated rings. The van der Waals surface area contributed by atoms with Gasteiger partial charge >= 0.3 is 12.0 Å². The van der Waals surface area contributed by atoms with E-state index >= 15 is 0 Å². The zero-order chi connectivity index (χ0) is 10.6. The fraction of sp³-hybridized carbons (Fsp3) is 0.375. The summed E-state index contributed by atoms with van der Waals surface area (Å²) < 4.78 is 44.6. The van der Waals surface area contributed by atoms with Gasteiger partial charge in [-0.2, -0.15) is 8.78 Å². The van der Waals surface area contributed by atoms with Gasteiger partial charge in [0.15, 0.2) is 5.83 Å². The van der Waals surface area contributed by atoms with Crippen LogP contribution >= 0.6 is 0 Å². The van der Waals surface area contributed by atoms with E-state index in [4.69, 9.17) is 4.74 Å². The van der Waals surface area contributed by atoms with Gasteiger partial charge in [0.05, 0.1) is 12.7 Å². The van der Waals surface area contributed by atoms with Gasteiger partial charge in [-0.15, -0.1) is 0 Å². The minimum Gasteiger partial charge on any atom is -0.494 e. The normalized spacial score (nSPS) is 14.8. The highest BCUT2D eigenvalue weighted by atomic mass is 19.3. The first-order valence-corrected chi connectivity index (χ1v) is 3.79. The first-order valence-electron chi connectivity index (χ1n) is 3.79. The van der Waals surface area contributed by atoms with E-state index in [1.807, 2.05) is 0 Å². The molecule has 0 aromatic carbocycles. The summed E-state index contributed by atoms with van der Waals surface area (Å²) in [6.45, 7) is -0.270. The number of hydrogen-bond acceptors (Lipinski definition) is 3. The van der Waals surface area contributed by atoms with Crippen LogP contribution in [-0.2, 0) is 14.3 Å². The van der Waals surface area contributed by atoms with Gasteiger partial charge in [-0.05, 0) is 0 Å². The Morgan fingerprint density at radius 3 is 2.71 bits per heavy atom. The Balaban J connectivity index is 2.26. The van der Waals surface area contributed by atoms with E-state index in [2.05, 4.69) is 4.74 Å². The Bertz CT molecular complexity index is 292. The van der Waals surface area contributed by atoms with E-state index in [0.717, 1.165) is 6.08 Å². The third-order valence-electron chi connectivity index (χ3n) is 1.45. The Morgan fingerprint density at radius 1 is 1.50 bits per heavy atom. The molecule has 0 N–H and O–H groups in total. The average molecular weight is 208 g/mol. The molecule has 0 bridgehead atoms. The van der Waals surface area contributed by atoms with Crippen LogP contribution in [0.2, 0.25) is 0 Å². The molecule has 0 saturated carbocycles. The standard InChI is InChI=1S/C8H7F3O3/c9-6(8(10)11)1-2-13-5-3-7(12)14-4-5/h3H,1-2,4H2. The summed E-state index contributed by atoms with van der Waals surface area (Å²) in [6, 6.07) is 0. The van der Waals surface area contributed by atoms with Crippen molar-refractivity contribution < 1.29 is 27.4 Å². The maximum atomic E-state index is 12.2. The van der Waals surface area contributed by atoms with E-state index < -0.39 is 24.3 Å². The quantitative estimate of drug-likeness (QED) is 0.662. The molecule has 1 rings (SSSR count). The van der Waals surface area contributed by atoms with Gasteiger partial charge in [0.2, 0.25) is 0 Å². The second-order valence-electron chi connectivity index (χ2n) is 2.48. The number of esters is 1. The molecule has 0 atom stereocenters. The van der Waals surface area contributed by atoms with Gasteiger partial charge in [0.25, 0.3) is 0 Å². The van der Waals surface area contributed by atoms with Crippen LogP contribution in [0.5, 0.6) is 0 Å². The van der Waals surface area contributed by atoms with E-state index in [1.54, 1.807) is 0 Å². The number of carbonyl (C=O) groups is 1. The molecule has 0 saturated heterocycles. The minimum absolute atomic E-state index is 0.0255. The predicted molar refractivity (Wildman–Crippen MR) is 40.0 cm³/mol. The molecule has 0 aromatic heterocycles. The van der Waals surface area contributed by atoms with Crippen molar-refractivity contribution in [1.82, 2.24) is 0 Å². The van der Waals surface area contributed by atoms with Crippen LogP contribution in [0.25, 0.3) is 0 Å². The largest absolute Gasteiger partial charge is 0.494 e. The van der Waals surface area contributed by atoms with E-state index in [1.165, 1.54) is 0 Å². The van der Waals surface area contributed by atoms with Crippen molar-refractivity contribution in [3.05, 3.63) is 23.7 Å². The molecule has 0 amide bonds. The summed E-state index contributed by atoms with van der Waals surface area (Å²) >= 11 is 0. The number of carbonyl (C=O) groups excluding carboxylic acids is 1. The molecule has 14 heavy (non-hydrogen) atoms. The average Bonchev–Trinajstić information content (AvgIpc) is 2.51. The molecular formula is C8H7F3O3. The van der Waals surface area contributed by atoms with Crippen molar-refractivity contribution in [3.63, 3.8) is 0 Å². The lowest BCUT2D eigenvalue weighted by atomic mass is 10.4. The highest BCUT2D eigenvalue weighted by Crippen LogP contribution is 2.14. The molecule has 6 heteroatoms. The maximum absolute atomic E-state index is 12.2. The van der Waals surface area contributed by atoms with Gasteiger partial charge < -0.3 is 9.47 Å². The smallest absolute Gasteiger partial charge is 0.334 e. The third-order valence-corrected chi connectivity index (χ3v) is 1.45. The third kappa shape index (κ3) is 3.12. The van der Waals surface area contributed by atoms with E-state index in [9.17, 15) is 18.0 Å². The molecule has 0 unspecified atom stereocenters. The van der Waals surface area contributed by atoms with Crippen molar-refractivity contribution in [2.45, 2.75) is 6.42 Å². The van der Waals surface area contributed by atoms with Crippen LogP contribution in [-0.4, -0.2) is 19.2 Å². The lowest BCUT2D eigenvalue weighted by Crippen LogP contribution is -1.97. The van der Waals surface area contributed by atoms with Crippen LogP contribution in [0.1, 0.15) is 6.42 Å². The second kappa shape index (κ2) is 4.69. The van der Waals surface area contributed by atoms with Gasteiger partial charge in [0.1, 0.15) is 12.4 Å². The highest BCUT2D eigenvalue weighted by Gasteiger charge is 2.14. The number of cyclic esters (lactones) is 1. The van der Waals surface area contributed by atoms with Crippen LogP contribution < -0.4 is 0 Å². The predicted octanol–water partition coefficient (Wildman–Crippen LogP) is 1.91. The summed E-state index contributed by atoms with van der Waals surface area (Å²) in [6.07, 6.45) is -1.78. The molecule has 0 aliphatic carbocycles. The summed E-state index contributed by atoms with van der Waals surface area (Å²) in [4.78, 5) is 10.5. The van der Waals surface area contributed by atoms with Crippen LogP contribution in [0.4, 0.5) is 13.2 Å². The van der Waals surface area contributed by atoms with Crippen molar-refractivity contribution in [1.29, 1.82) is 0 Å². The molecule has 1 heterocycles. The van der Waals surface area contributed by atoms with Crippen molar-refractivity contribution in [2.75, 3.05) is 13.2 Å². The monoisotopic (exact) mass is 208 g/mol. The molecule has 0 spiro atoms. The van der Waals surface area contributed by atoms with Crippen LogP contribution in [0.3, 0.4) is 0 Å². The van der Waals surface area contributed by atoms with Gasteiger partial charge in [-0.25, -0.2) is 9.18 Å². The van der Waals surface area contributed by atoms with Gasteiger partial charge in [-0.1, -0.05) is 0 Å². The summed E-state index contributed by atoms with van der Waals surface area (Å²) in [5, 5.41) is 0. The zero-order valence-electron chi connectivity index (χ0n) is 7.06. The zero-order valence-corrected chi connectivity index (χ0v) is 7.06. The molecule has 0 radical (unpaired) electrons. The Kier molecular flexibility index (Phi) is 3.55. The first-order chi connectivity index (χ1) is 6.59. The van der Waals surface area contributed by atoms with E-state index in [-0.39, 0.29) is 19.0 Å². The second-order valence-corrected chi connectivity index (χ2v) is 2.48. The topological polar surface area (TPSA) is 35.5 Å². The van der Waals surface area contributed by atoms with Crippen molar-refractivity contribution in [2.24, 2.45) is 0 Å². The maximum Gasteiger partial charge on any atom is 0.334 e. The van der Waals surface area contributed by atoms with Crippen LogP contribution in [0, 0.1) is 0 Å². The minimum atomic E-state index is -2.35. The van der Waals surface area contributed by atoms with Crippen molar-refractivity contribution in [3.8, 4) is 0 Å². The fourth-order valence-corrected chi connectivity index (χ4v) is 0.807. The molecule has 0 aromatic rings. The Morgan fingerprint density at radius 2 is 2.21 bits per heavy atom. The van der Waals surface area contributed by atoms with Crippen LogP contribution in [0.15, 0.2) is 23.7 Å². The SMILES string of the molecule is O=C1C=C(OCCC(F)=C(F)F)CO1. The molecule has 78 valence electrons. The fourth-order valence-electron chi connectivity index (χ4n) is 0.807. The Labute approximate surface area is 77.8 Å².